The smallest absolute Gasteiger partial charge is 0.100 e. The van der Waals surface area contributed by atoms with Gasteiger partial charge in [-0.1, -0.05) is 0 Å². The van der Waals surface area contributed by atoms with Gasteiger partial charge in [0, 0.05) is 42.1 Å². The van der Waals surface area contributed by atoms with Crippen molar-refractivity contribution in [1.29, 1.82) is 0 Å². The van der Waals surface area contributed by atoms with E-state index in [-0.39, 0.29) is 12.2 Å². The Morgan fingerprint density at radius 3 is 3.11 bits per heavy atom. The fourth-order valence-corrected chi connectivity index (χ4v) is 4.23. The number of hydrogen-bond donors (Lipinski definition) is 0. The molecule has 2 aliphatic rings. The molecule has 0 bridgehead atoms. The predicted molar refractivity (Wildman–Crippen MR) is 77.6 cm³/mol. The van der Waals surface area contributed by atoms with Gasteiger partial charge in [0.1, 0.15) is 6.10 Å². The minimum Gasteiger partial charge on any atom is -0.374 e. The van der Waals surface area contributed by atoms with Crippen molar-refractivity contribution in [3.8, 4) is 0 Å². The van der Waals surface area contributed by atoms with E-state index in [1.807, 2.05) is 11.3 Å². The first-order valence-electron chi connectivity index (χ1n) is 7.30. The van der Waals surface area contributed by atoms with Gasteiger partial charge in [-0.25, -0.2) is 0 Å². The highest BCUT2D eigenvalue weighted by molar-refractivity contribution is 7.11. The molecule has 3 rings (SSSR count). The number of aryl methyl sites for hydroxylation is 1. The van der Waals surface area contributed by atoms with E-state index in [9.17, 15) is 0 Å². The van der Waals surface area contributed by atoms with Gasteiger partial charge in [0.15, 0.2) is 0 Å². The van der Waals surface area contributed by atoms with Crippen LogP contribution in [0.3, 0.4) is 0 Å². The molecular weight excluding hydrogens is 258 g/mol. The van der Waals surface area contributed by atoms with Crippen molar-refractivity contribution in [2.45, 2.75) is 51.5 Å². The summed E-state index contributed by atoms with van der Waals surface area (Å²) in [5, 5.41) is 0. The van der Waals surface area contributed by atoms with Gasteiger partial charge in [0.25, 0.3) is 0 Å². The van der Waals surface area contributed by atoms with Crippen molar-refractivity contribution < 1.29 is 9.47 Å². The van der Waals surface area contributed by atoms with Crippen LogP contribution in [0.25, 0.3) is 0 Å². The summed E-state index contributed by atoms with van der Waals surface area (Å²) in [6, 6.07) is 5.02. The molecule has 0 aromatic carbocycles. The Morgan fingerprint density at radius 1 is 1.47 bits per heavy atom. The summed E-state index contributed by atoms with van der Waals surface area (Å²) in [7, 11) is 0. The second-order valence-corrected chi connectivity index (χ2v) is 6.85. The van der Waals surface area contributed by atoms with Crippen molar-refractivity contribution >= 4 is 11.3 Å². The molecule has 19 heavy (non-hydrogen) atoms. The quantitative estimate of drug-likeness (QED) is 0.847. The molecule has 1 aromatic rings. The van der Waals surface area contributed by atoms with Gasteiger partial charge in [-0.3, -0.25) is 4.90 Å². The Labute approximate surface area is 119 Å². The number of fused-ring (bicyclic) bond motifs is 1. The van der Waals surface area contributed by atoms with E-state index >= 15 is 0 Å². The zero-order valence-electron chi connectivity index (χ0n) is 11.8. The van der Waals surface area contributed by atoms with Crippen LogP contribution in [-0.2, 0) is 16.0 Å². The summed E-state index contributed by atoms with van der Waals surface area (Å²) >= 11 is 1.91. The number of hydrogen-bond acceptors (Lipinski definition) is 4. The fraction of sp³-hybridized carbons (Fsp3) is 0.733. The minimum atomic E-state index is 0.261. The average molecular weight is 281 g/mol. The first-order valence-corrected chi connectivity index (χ1v) is 8.12. The van der Waals surface area contributed by atoms with E-state index in [2.05, 4.69) is 30.9 Å². The molecule has 0 unspecified atom stereocenters. The zero-order chi connectivity index (χ0) is 13.2. The number of rotatable bonds is 4. The lowest BCUT2D eigenvalue weighted by molar-refractivity contribution is -0.0749. The third kappa shape index (κ3) is 2.87. The van der Waals surface area contributed by atoms with Crippen molar-refractivity contribution in [2.24, 2.45) is 0 Å². The predicted octanol–water partition coefficient (Wildman–Crippen LogP) is 2.82. The standard InChI is InChI=1S/C15H23NO2S/c1-3-17-14-10-16(9-12-7-6-11(2)19-12)13-5-4-8-18-15(13)14/h6-7,13-15H,3-5,8-10H2,1-2H3/t13-,14+,15+/m1/s1. The van der Waals surface area contributed by atoms with Gasteiger partial charge >= 0.3 is 0 Å². The molecule has 0 radical (unpaired) electrons. The lowest BCUT2D eigenvalue weighted by Crippen LogP contribution is -2.41. The second-order valence-electron chi connectivity index (χ2n) is 5.48. The third-order valence-electron chi connectivity index (χ3n) is 4.12. The molecule has 3 nitrogen and oxygen atoms in total. The molecule has 0 saturated carbocycles. The first-order chi connectivity index (χ1) is 9.28. The number of thiophene rings is 1. The minimum absolute atomic E-state index is 0.261. The molecule has 1 aromatic heterocycles. The van der Waals surface area contributed by atoms with Crippen LogP contribution in [-0.4, -0.2) is 42.9 Å². The molecule has 2 aliphatic heterocycles. The summed E-state index contributed by atoms with van der Waals surface area (Å²) < 4.78 is 11.9. The Kier molecular flexibility index (Phi) is 4.22. The SMILES string of the molecule is CCO[C@H]1CN(Cc2ccc(C)s2)[C@@H]2CCCO[C@H]12. The van der Waals surface area contributed by atoms with Crippen LogP contribution in [0.2, 0.25) is 0 Å². The van der Waals surface area contributed by atoms with Gasteiger partial charge < -0.3 is 9.47 Å². The van der Waals surface area contributed by atoms with Crippen LogP contribution in [0.1, 0.15) is 29.5 Å². The summed E-state index contributed by atoms with van der Waals surface area (Å²) in [4.78, 5) is 5.42. The van der Waals surface area contributed by atoms with Crippen molar-refractivity contribution in [2.75, 3.05) is 19.8 Å². The summed E-state index contributed by atoms with van der Waals surface area (Å²) in [5.41, 5.74) is 0. The maximum atomic E-state index is 5.98. The summed E-state index contributed by atoms with van der Waals surface area (Å²) in [6.07, 6.45) is 2.98. The van der Waals surface area contributed by atoms with Crippen LogP contribution in [0.15, 0.2) is 12.1 Å². The second kappa shape index (κ2) is 5.92. The van der Waals surface area contributed by atoms with Crippen molar-refractivity contribution in [3.05, 3.63) is 21.9 Å². The molecule has 4 heteroatoms. The number of likely N-dealkylation sites (tertiary alicyclic amines) is 1. The molecule has 0 amide bonds. The molecular formula is C15H23NO2S. The Bertz CT molecular complexity index is 420. The lowest BCUT2D eigenvalue weighted by Gasteiger charge is -2.32. The lowest BCUT2D eigenvalue weighted by atomic mass is 10.0. The highest BCUT2D eigenvalue weighted by atomic mass is 32.1. The maximum Gasteiger partial charge on any atom is 0.100 e. The van der Waals surface area contributed by atoms with Crippen molar-refractivity contribution in [3.63, 3.8) is 0 Å². The number of ether oxygens (including phenoxy) is 2. The first kappa shape index (κ1) is 13.6. The molecule has 0 N–H and O–H groups in total. The Hall–Kier alpha value is -0.420. The average Bonchev–Trinajstić information content (AvgIpc) is 2.97. The molecule has 3 atom stereocenters. The van der Waals surface area contributed by atoms with E-state index in [0.717, 1.165) is 26.3 Å². The van der Waals surface area contributed by atoms with Crippen LogP contribution in [0.5, 0.6) is 0 Å². The zero-order valence-corrected chi connectivity index (χ0v) is 12.6. The maximum absolute atomic E-state index is 5.98. The topological polar surface area (TPSA) is 21.7 Å². The van der Waals surface area contributed by atoms with E-state index in [0.29, 0.717) is 6.04 Å². The molecule has 106 valence electrons. The van der Waals surface area contributed by atoms with Crippen LogP contribution < -0.4 is 0 Å². The van der Waals surface area contributed by atoms with Crippen molar-refractivity contribution in [1.82, 2.24) is 4.90 Å². The molecule has 0 spiro atoms. The molecule has 2 fully saturated rings. The van der Waals surface area contributed by atoms with Gasteiger partial charge in [-0.05, 0) is 38.8 Å². The van der Waals surface area contributed by atoms with E-state index in [1.54, 1.807) is 0 Å². The molecule has 3 heterocycles. The highest BCUT2D eigenvalue weighted by Crippen LogP contribution is 2.32. The van der Waals surface area contributed by atoms with E-state index < -0.39 is 0 Å². The molecule has 2 saturated heterocycles. The van der Waals surface area contributed by atoms with E-state index in [4.69, 9.17) is 9.47 Å². The van der Waals surface area contributed by atoms with Gasteiger partial charge in [-0.2, -0.15) is 0 Å². The Balaban J connectivity index is 1.70. The van der Waals surface area contributed by atoms with Crippen LogP contribution >= 0.6 is 11.3 Å². The van der Waals surface area contributed by atoms with E-state index in [1.165, 1.54) is 22.6 Å². The van der Waals surface area contributed by atoms with Gasteiger partial charge in [-0.15, -0.1) is 11.3 Å². The third-order valence-corrected chi connectivity index (χ3v) is 5.10. The largest absolute Gasteiger partial charge is 0.374 e. The normalized spacial score (nSPS) is 31.6. The Morgan fingerprint density at radius 2 is 2.37 bits per heavy atom. The monoisotopic (exact) mass is 281 g/mol. The highest BCUT2D eigenvalue weighted by Gasteiger charge is 2.44. The van der Waals surface area contributed by atoms with Gasteiger partial charge in [0.05, 0.1) is 6.10 Å². The van der Waals surface area contributed by atoms with Crippen LogP contribution in [0, 0.1) is 6.92 Å². The van der Waals surface area contributed by atoms with Gasteiger partial charge in [0.2, 0.25) is 0 Å². The molecule has 0 aliphatic carbocycles. The summed E-state index contributed by atoms with van der Waals surface area (Å²) in [6.45, 7) is 7.99. The van der Waals surface area contributed by atoms with Crippen LogP contribution in [0.4, 0.5) is 0 Å². The fourth-order valence-electron chi connectivity index (χ4n) is 3.32. The number of nitrogens with zero attached hydrogens (tertiary/aromatic N) is 1. The summed E-state index contributed by atoms with van der Waals surface area (Å²) in [5.74, 6) is 0.